The first-order chi connectivity index (χ1) is 18.3. The van der Waals surface area contributed by atoms with Gasteiger partial charge in [-0.15, -0.1) is 0 Å². The number of nitrogens with zero attached hydrogens (tertiary/aromatic N) is 2. The van der Waals surface area contributed by atoms with Crippen LogP contribution in [0.15, 0.2) is 53.3 Å². The zero-order chi connectivity index (χ0) is 28.5. The number of aliphatic hydroxyl groups is 3. The molecule has 0 unspecified atom stereocenters. The van der Waals surface area contributed by atoms with Gasteiger partial charge in [-0.2, -0.15) is 0 Å². The van der Waals surface area contributed by atoms with Crippen molar-refractivity contribution >= 4 is 28.9 Å². The predicted molar refractivity (Wildman–Crippen MR) is 144 cm³/mol. The molecule has 0 aliphatic heterocycles. The van der Waals surface area contributed by atoms with Crippen LogP contribution in [0, 0.1) is 11.8 Å². The number of rotatable bonds is 4. The number of nitrogens with two attached hydrogens (primary N) is 1. The Labute approximate surface area is 225 Å². The summed E-state index contributed by atoms with van der Waals surface area (Å²) in [5, 5.41) is 44.9. The Morgan fingerprint density at radius 2 is 1.74 bits per heavy atom. The largest absolute Gasteiger partial charge is 0.508 e. The van der Waals surface area contributed by atoms with Crippen LogP contribution in [0.2, 0.25) is 0 Å². The highest BCUT2D eigenvalue weighted by Crippen LogP contribution is 2.53. The van der Waals surface area contributed by atoms with Gasteiger partial charge in [0.25, 0.3) is 5.91 Å². The number of anilines is 1. The first-order valence-corrected chi connectivity index (χ1v) is 12.6. The number of carbonyl (C=O) groups is 3. The number of aromatic hydroxyl groups is 1. The molecule has 2 aromatic rings. The number of amides is 1. The van der Waals surface area contributed by atoms with Crippen LogP contribution in [0.1, 0.15) is 17.5 Å². The van der Waals surface area contributed by atoms with Crippen molar-refractivity contribution in [1.82, 2.24) is 4.90 Å². The van der Waals surface area contributed by atoms with Gasteiger partial charge >= 0.3 is 0 Å². The first kappa shape index (κ1) is 26.5. The van der Waals surface area contributed by atoms with Crippen molar-refractivity contribution in [3.05, 3.63) is 64.4 Å². The van der Waals surface area contributed by atoms with Crippen LogP contribution < -0.4 is 10.6 Å². The van der Waals surface area contributed by atoms with Gasteiger partial charge in [-0.1, -0.05) is 18.2 Å². The zero-order valence-electron chi connectivity index (χ0n) is 22.1. The number of fused-ring (bicyclic) bond motifs is 3. The molecule has 6 N–H and O–H groups in total. The zero-order valence-corrected chi connectivity index (χ0v) is 22.1. The maximum absolute atomic E-state index is 13.9. The number of aliphatic hydroxyl groups excluding tert-OH is 2. The normalized spacial score (nSPS) is 26.4. The van der Waals surface area contributed by atoms with E-state index in [1.54, 1.807) is 20.2 Å². The summed E-state index contributed by atoms with van der Waals surface area (Å²) >= 11 is 0. The van der Waals surface area contributed by atoms with E-state index in [-0.39, 0.29) is 29.7 Å². The Morgan fingerprint density at radius 3 is 2.36 bits per heavy atom. The second-order valence-electron chi connectivity index (χ2n) is 10.9. The summed E-state index contributed by atoms with van der Waals surface area (Å²) in [6.07, 6.45) is 0.267. The minimum Gasteiger partial charge on any atom is -0.508 e. The number of carbonyl (C=O) groups excluding carboxylic acids is 3. The van der Waals surface area contributed by atoms with Gasteiger partial charge in [0.15, 0.2) is 11.4 Å². The van der Waals surface area contributed by atoms with Gasteiger partial charge in [-0.25, -0.2) is 0 Å². The molecule has 39 heavy (non-hydrogen) atoms. The molecule has 10 nitrogen and oxygen atoms in total. The molecule has 1 fully saturated rings. The highest BCUT2D eigenvalue weighted by Gasteiger charge is 2.64. The average molecular weight is 534 g/mol. The molecule has 2 aromatic carbocycles. The van der Waals surface area contributed by atoms with E-state index < -0.39 is 58.0 Å². The molecule has 0 aromatic heterocycles. The minimum atomic E-state index is -2.65. The third kappa shape index (κ3) is 3.66. The monoisotopic (exact) mass is 533 g/mol. The first-order valence-electron chi connectivity index (χ1n) is 12.6. The third-order valence-corrected chi connectivity index (χ3v) is 8.28. The number of primary amides is 1. The van der Waals surface area contributed by atoms with Crippen LogP contribution in [0.5, 0.6) is 5.75 Å². The molecule has 4 atom stereocenters. The van der Waals surface area contributed by atoms with E-state index in [1.165, 1.54) is 11.0 Å². The van der Waals surface area contributed by atoms with Gasteiger partial charge in [0.1, 0.15) is 22.8 Å². The molecule has 0 spiro atoms. The molecule has 0 bridgehead atoms. The number of Topliss-reactive ketones (excluding diaryl/α,β-unsaturated/α-hetero) is 2. The highest BCUT2D eigenvalue weighted by atomic mass is 16.3. The third-order valence-electron chi connectivity index (χ3n) is 8.28. The van der Waals surface area contributed by atoms with Gasteiger partial charge in [-0.3, -0.25) is 19.3 Å². The predicted octanol–water partition coefficient (Wildman–Crippen LogP) is 1.70. The van der Waals surface area contributed by atoms with Crippen LogP contribution in [0.4, 0.5) is 5.69 Å². The lowest BCUT2D eigenvalue weighted by atomic mass is 9.57. The summed E-state index contributed by atoms with van der Waals surface area (Å²) in [5.41, 5.74) is 4.95. The molecular formula is C29H31N3O7. The smallest absolute Gasteiger partial charge is 0.255 e. The summed E-state index contributed by atoms with van der Waals surface area (Å²) in [5.74, 6) is -6.67. The highest BCUT2D eigenvalue weighted by molar-refractivity contribution is 6.24. The summed E-state index contributed by atoms with van der Waals surface area (Å²) in [4.78, 5) is 42.7. The maximum atomic E-state index is 13.9. The molecule has 204 valence electrons. The number of likely N-dealkylation sites (N-methyl/N-ethyl adjacent to an activating group) is 1. The average Bonchev–Trinajstić information content (AvgIpc) is 2.86. The molecule has 3 aliphatic carbocycles. The van der Waals surface area contributed by atoms with Crippen molar-refractivity contribution < 1.29 is 34.8 Å². The molecule has 5 rings (SSSR count). The Balaban J connectivity index is 1.73. The van der Waals surface area contributed by atoms with Crippen molar-refractivity contribution in [2.75, 3.05) is 33.1 Å². The summed E-state index contributed by atoms with van der Waals surface area (Å²) in [6, 6.07) is 9.81. The molecular weight excluding hydrogens is 502 g/mol. The maximum Gasteiger partial charge on any atom is 0.255 e. The number of ketones is 2. The standard InChI is InChI=1S/C29H31N3O7/c1-31(2)15-7-5-6-13(10-15)16-8-9-19(33)21-17(16)11-14-12-18-23(32(3)4)25(35)22(28(30)38)27(37)29(18,39)26(36)20(14)24(21)34/h5-10,14,18,23,33-34,37,39H,11-12H2,1-4H3,(H2,30,38)/t14-,18-,23-,29-/m0/s1. The van der Waals surface area contributed by atoms with E-state index in [0.717, 1.165) is 16.8 Å². The molecule has 1 amide bonds. The summed E-state index contributed by atoms with van der Waals surface area (Å²) in [6.45, 7) is 0. The number of phenolic OH excluding ortho intramolecular Hbond substituents is 1. The molecule has 1 saturated carbocycles. The lowest BCUT2D eigenvalue weighted by molar-refractivity contribution is -0.153. The number of hydrogen-bond acceptors (Lipinski definition) is 9. The molecule has 3 aliphatic rings. The van der Waals surface area contributed by atoms with Crippen LogP contribution >= 0.6 is 0 Å². The fourth-order valence-corrected chi connectivity index (χ4v) is 6.47. The quantitative estimate of drug-likeness (QED) is 0.368. The van der Waals surface area contributed by atoms with E-state index in [9.17, 15) is 34.8 Å². The number of phenols is 1. The lowest BCUT2D eigenvalue weighted by Gasteiger charge is -2.50. The van der Waals surface area contributed by atoms with E-state index in [2.05, 4.69) is 0 Å². The number of benzene rings is 2. The Morgan fingerprint density at radius 1 is 1.05 bits per heavy atom. The van der Waals surface area contributed by atoms with Crippen molar-refractivity contribution in [3.63, 3.8) is 0 Å². The summed E-state index contributed by atoms with van der Waals surface area (Å²) < 4.78 is 0. The van der Waals surface area contributed by atoms with Crippen LogP contribution in [-0.4, -0.2) is 82.6 Å². The van der Waals surface area contributed by atoms with Gasteiger partial charge < -0.3 is 31.1 Å². The Kier molecular flexibility index (Phi) is 6.08. The fourth-order valence-electron chi connectivity index (χ4n) is 6.47. The summed E-state index contributed by atoms with van der Waals surface area (Å²) in [7, 11) is 6.98. The van der Waals surface area contributed by atoms with Gasteiger partial charge in [0.05, 0.1) is 11.6 Å². The molecule has 0 heterocycles. The SMILES string of the molecule is CN(C)c1cccc(-c2ccc(O)c3c2C[C@H]2C[C@H]4[C@H](N(C)C)C(=O)C(C(N)=O)=C(O)[C@@]4(O)C(=O)C2=C3O)c1. The Hall–Kier alpha value is -4.15. The van der Waals surface area contributed by atoms with Crippen molar-refractivity contribution in [3.8, 4) is 16.9 Å². The van der Waals surface area contributed by atoms with Crippen molar-refractivity contribution in [1.29, 1.82) is 0 Å². The van der Waals surface area contributed by atoms with Gasteiger partial charge in [-0.05, 0) is 67.7 Å². The van der Waals surface area contributed by atoms with E-state index in [4.69, 9.17) is 5.73 Å². The van der Waals surface area contributed by atoms with Crippen LogP contribution in [0.3, 0.4) is 0 Å². The number of hydrogen-bond donors (Lipinski definition) is 5. The minimum absolute atomic E-state index is 0.0403. The van der Waals surface area contributed by atoms with Crippen molar-refractivity contribution in [2.24, 2.45) is 17.6 Å². The van der Waals surface area contributed by atoms with Crippen LogP contribution in [0.25, 0.3) is 16.9 Å². The van der Waals surface area contributed by atoms with Gasteiger partial charge in [0, 0.05) is 31.3 Å². The van der Waals surface area contributed by atoms with Gasteiger partial charge in [0.2, 0.25) is 5.78 Å². The lowest BCUT2D eigenvalue weighted by Crippen LogP contribution is -2.65. The van der Waals surface area contributed by atoms with E-state index >= 15 is 0 Å². The Bertz CT molecular complexity index is 1510. The van der Waals surface area contributed by atoms with E-state index in [1.807, 2.05) is 43.3 Å². The molecule has 0 radical (unpaired) electrons. The van der Waals surface area contributed by atoms with E-state index in [0.29, 0.717) is 5.56 Å². The van der Waals surface area contributed by atoms with Crippen molar-refractivity contribution in [2.45, 2.75) is 24.5 Å². The topological polar surface area (TPSA) is 165 Å². The second-order valence-corrected chi connectivity index (χ2v) is 10.9. The fraction of sp³-hybridized carbons (Fsp3) is 0.345. The second kappa shape index (κ2) is 8.96. The molecule has 10 heteroatoms. The van der Waals surface area contributed by atoms with Crippen LogP contribution in [-0.2, 0) is 20.8 Å². The molecule has 0 saturated heterocycles.